The number of hydrogen-bond acceptors (Lipinski definition) is 5. The third-order valence-electron chi connectivity index (χ3n) is 6.76. The van der Waals surface area contributed by atoms with Gasteiger partial charge in [0.1, 0.15) is 11.9 Å². The fourth-order valence-electron chi connectivity index (χ4n) is 4.54. The maximum Gasteiger partial charge on any atom is 0.338 e. The molecule has 0 bridgehead atoms. The molecule has 1 aliphatic carbocycles. The number of carbonyl (C=O) groups is 2. The van der Waals surface area contributed by atoms with Crippen LogP contribution >= 0.6 is 0 Å². The predicted octanol–water partition coefficient (Wildman–Crippen LogP) is 7.37. The van der Waals surface area contributed by atoms with Crippen molar-refractivity contribution in [2.75, 3.05) is 13.2 Å². The monoisotopic (exact) mass is 510 g/mol. The van der Waals surface area contributed by atoms with Gasteiger partial charge in [-0.25, -0.2) is 9.59 Å². The molecule has 196 valence electrons. The summed E-state index contributed by atoms with van der Waals surface area (Å²) < 4.78 is 17.1. The Morgan fingerprint density at radius 2 is 1.34 bits per heavy atom. The Morgan fingerprint density at radius 1 is 0.816 bits per heavy atom. The van der Waals surface area contributed by atoms with E-state index in [1.165, 1.54) is 5.57 Å². The van der Waals surface area contributed by atoms with Gasteiger partial charge in [0.15, 0.2) is 0 Å². The van der Waals surface area contributed by atoms with Gasteiger partial charge in [-0.2, -0.15) is 0 Å². The lowest BCUT2D eigenvalue weighted by Gasteiger charge is -2.31. The lowest BCUT2D eigenvalue weighted by molar-refractivity contribution is 0.0517. The van der Waals surface area contributed by atoms with Crippen LogP contribution in [0.25, 0.3) is 0 Å². The summed E-state index contributed by atoms with van der Waals surface area (Å²) in [6.07, 6.45) is 7.04. The Kier molecular flexibility index (Phi) is 8.47. The molecule has 5 nitrogen and oxygen atoms in total. The van der Waals surface area contributed by atoms with E-state index in [-0.39, 0.29) is 17.4 Å². The molecule has 0 N–H and O–H groups in total. The standard InChI is InChI=1S/C33H34O5/c1-5-36-31(34)26-15-11-24(12-16-26)30(25-13-17-27(18-14-25)32(35)37-6-2)38-29-10-8-7-9-28(29)33(4)21-19-23(3)20-22-33/h7-21,30H,5-6,22H2,1-4H3. The fraction of sp³-hybridized carbons (Fsp3) is 0.273. The first-order chi connectivity index (χ1) is 18.3. The zero-order valence-corrected chi connectivity index (χ0v) is 22.4. The molecule has 0 fully saturated rings. The first kappa shape index (κ1) is 26.9. The normalized spacial score (nSPS) is 16.6. The summed E-state index contributed by atoms with van der Waals surface area (Å²) >= 11 is 0. The molecule has 1 unspecified atom stereocenters. The molecule has 0 saturated carbocycles. The van der Waals surface area contributed by atoms with Crippen LogP contribution in [0.5, 0.6) is 5.75 Å². The maximum atomic E-state index is 12.2. The predicted molar refractivity (Wildman–Crippen MR) is 149 cm³/mol. The van der Waals surface area contributed by atoms with Gasteiger partial charge in [0, 0.05) is 11.0 Å². The Hall–Kier alpha value is -4.12. The van der Waals surface area contributed by atoms with Crippen LogP contribution in [0.15, 0.2) is 96.6 Å². The molecule has 3 aromatic rings. The lowest BCUT2D eigenvalue weighted by Crippen LogP contribution is -2.22. The second-order valence-electron chi connectivity index (χ2n) is 9.58. The van der Waals surface area contributed by atoms with Crippen molar-refractivity contribution in [3.05, 3.63) is 124 Å². The lowest BCUT2D eigenvalue weighted by atomic mass is 9.76. The maximum absolute atomic E-state index is 12.2. The van der Waals surface area contributed by atoms with Crippen molar-refractivity contribution in [2.45, 2.75) is 45.6 Å². The number of esters is 2. The summed E-state index contributed by atoms with van der Waals surface area (Å²) in [5, 5.41) is 0. The van der Waals surface area contributed by atoms with Crippen molar-refractivity contribution >= 4 is 11.9 Å². The van der Waals surface area contributed by atoms with Crippen molar-refractivity contribution in [3.8, 4) is 5.75 Å². The van der Waals surface area contributed by atoms with E-state index >= 15 is 0 Å². The summed E-state index contributed by atoms with van der Waals surface area (Å²) in [5.74, 6) is 0.0589. The summed E-state index contributed by atoms with van der Waals surface area (Å²) in [6, 6.07) is 22.6. The molecular formula is C33H34O5. The van der Waals surface area contributed by atoms with Crippen molar-refractivity contribution in [1.29, 1.82) is 0 Å². The summed E-state index contributed by atoms with van der Waals surface area (Å²) in [7, 11) is 0. The van der Waals surface area contributed by atoms with Crippen LogP contribution in [0.2, 0.25) is 0 Å². The van der Waals surface area contributed by atoms with Crippen molar-refractivity contribution in [2.24, 2.45) is 0 Å². The van der Waals surface area contributed by atoms with Gasteiger partial charge in [-0.1, -0.05) is 73.2 Å². The van der Waals surface area contributed by atoms with Gasteiger partial charge < -0.3 is 14.2 Å². The zero-order valence-electron chi connectivity index (χ0n) is 22.4. The number of rotatable bonds is 9. The smallest absolute Gasteiger partial charge is 0.338 e. The highest BCUT2D eigenvalue weighted by atomic mass is 16.5. The average Bonchev–Trinajstić information content (AvgIpc) is 2.94. The molecular weight excluding hydrogens is 476 g/mol. The number of para-hydroxylation sites is 1. The second kappa shape index (κ2) is 12.0. The topological polar surface area (TPSA) is 61.8 Å². The van der Waals surface area contributed by atoms with Gasteiger partial charge in [-0.3, -0.25) is 0 Å². The largest absolute Gasteiger partial charge is 0.481 e. The second-order valence-corrected chi connectivity index (χ2v) is 9.58. The molecule has 0 aromatic heterocycles. The summed E-state index contributed by atoms with van der Waals surface area (Å²) in [4.78, 5) is 24.4. The molecule has 0 aliphatic heterocycles. The minimum atomic E-state index is -0.475. The molecule has 1 aliphatic rings. The molecule has 0 saturated heterocycles. The van der Waals surface area contributed by atoms with E-state index in [0.717, 1.165) is 28.9 Å². The van der Waals surface area contributed by atoms with Crippen molar-refractivity contribution < 1.29 is 23.8 Å². The fourth-order valence-corrected chi connectivity index (χ4v) is 4.54. The quantitative estimate of drug-likeness (QED) is 0.281. The Balaban J connectivity index is 1.72. The minimum Gasteiger partial charge on any atom is -0.481 e. The van der Waals surface area contributed by atoms with E-state index in [4.69, 9.17) is 14.2 Å². The van der Waals surface area contributed by atoms with Crippen molar-refractivity contribution in [3.63, 3.8) is 0 Å². The van der Waals surface area contributed by atoms with E-state index in [1.807, 2.05) is 42.5 Å². The van der Waals surface area contributed by atoms with Crippen LogP contribution in [0.4, 0.5) is 0 Å². The molecule has 0 radical (unpaired) electrons. The highest BCUT2D eigenvalue weighted by Crippen LogP contribution is 2.41. The molecule has 3 aromatic carbocycles. The zero-order chi connectivity index (χ0) is 27.1. The number of carbonyl (C=O) groups excluding carboxylic acids is 2. The number of ether oxygens (including phenoxy) is 3. The molecule has 5 heteroatoms. The average molecular weight is 511 g/mol. The molecule has 1 atom stereocenters. The van der Waals surface area contributed by atoms with Crippen LogP contribution < -0.4 is 4.74 Å². The Bertz CT molecular complexity index is 1270. The van der Waals surface area contributed by atoms with Gasteiger partial charge in [0.2, 0.25) is 0 Å². The molecule has 0 heterocycles. The third-order valence-corrected chi connectivity index (χ3v) is 6.76. The summed E-state index contributed by atoms with van der Waals surface area (Å²) in [5.41, 5.74) is 4.85. The Labute approximate surface area is 224 Å². The summed E-state index contributed by atoms with van der Waals surface area (Å²) in [6.45, 7) is 8.52. The first-order valence-electron chi connectivity index (χ1n) is 13.0. The molecule has 0 amide bonds. The van der Waals surface area contributed by atoms with E-state index < -0.39 is 6.10 Å². The van der Waals surface area contributed by atoms with E-state index in [0.29, 0.717) is 24.3 Å². The van der Waals surface area contributed by atoms with E-state index in [1.54, 1.807) is 38.1 Å². The van der Waals surface area contributed by atoms with Gasteiger partial charge >= 0.3 is 11.9 Å². The highest BCUT2D eigenvalue weighted by molar-refractivity contribution is 5.90. The number of hydrogen-bond donors (Lipinski definition) is 0. The molecule has 0 spiro atoms. The number of allylic oxidation sites excluding steroid dienone is 4. The van der Waals surface area contributed by atoms with Gasteiger partial charge in [-0.15, -0.1) is 0 Å². The first-order valence-corrected chi connectivity index (χ1v) is 13.0. The van der Waals surface area contributed by atoms with E-state index in [2.05, 4.69) is 38.1 Å². The SMILES string of the molecule is CCOC(=O)c1ccc(C(Oc2ccccc2C2(C)C=CC(C)=CC2)c2ccc(C(=O)OCC)cc2)cc1. The van der Waals surface area contributed by atoms with Crippen LogP contribution in [-0.4, -0.2) is 25.2 Å². The van der Waals surface area contributed by atoms with Gasteiger partial charge in [0.05, 0.1) is 24.3 Å². The van der Waals surface area contributed by atoms with Crippen LogP contribution in [0.3, 0.4) is 0 Å². The molecule has 4 rings (SSSR count). The van der Waals surface area contributed by atoms with E-state index in [9.17, 15) is 9.59 Å². The Morgan fingerprint density at radius 3 is 1.82 bits per heavy atom. The van der Waals surface area contributed by atoms with Crippen LogP contribution in [0.1, 0.15) is 77.6 Å². The highest BCUT2D eigenvalue weighted by Gasteiger charge is 2.29. The number of benzene rings is 3. The minimum absolute atomic E-state index is 0.206. The van der Waals surface area contributed by atoms with Crippen LogP contribution in [-0.2, 0) is 14.9 Å². The van der Waals surface area contributed by atoms with Gasteiger partial charge in [0.25, 0.3) is 0 Å². The van der Waals surface area contributed by atoms with Crippen LogP contribution in [0, 0.1) is 0 Å². The third kappa shape index (κ3) is 6.05. The molecule has 38 heavy (non-hydrogen) atoms. The van der Waals surface area contributed by atoms with Crippen molar-refractivity contribution in [1.82, 2.24) is 0 Å². The van der Waals surface area contributed by atoms with Gasteiger partial charge in [-0.05, 0) is 68.7 Å².